The molecule has 18 heavy (non-hydrogen) atoms. The average molecular weight is 252 g/mol. The molecule has 5 nitrogen and oxygen atoms in total. The van der Waals surface area contributed by atoms with Crippen molar-refractivity contribution in [3.8, 4) is 0 Å². The molecule has 1 saturated carbocycles. The predicted molar refractivity (Wildman–Crippen MR) is 71.7 cm³/mol. The van der Waals surface area contributed by atoms with Crippen LogP contribution in [0.5, 0.6) is 0 Å². The fourth-order valence-electron chi connectivity index (χ4n) is 2.68. The molecular weight excluding hydrogens is 228 g/mol. The van der Waals surface area contributed by atoms with Gasteiger partial charge < -0.3 is 14.6 Å². The van der Waals surface area contributed by atoms with Gasteiger partial charge in [-0.15, -0.1) is 5.10 Å². The Hall–Kier alpha value is -1.10. The predicted octanol–water partition coefficient (Wildman–Crippen LogP) is 2.51. The molecule has 5 heteroatoms. The highest BCUT2D eigenvalue weighted by Crippen LogP contribution is 2.27. The first-order chi connectivity index (χ1) is 8.76. The van der Waals surface area contributed by atoms with Crippen LogP contribution >= 0.6 is 0 Å². The minimum Gasteiger partial charge on any atom is -0.406 e. The fraction of sp³-hybridized carbons (Fsp3) is 0.846. The lowest BCUT2D eigenvalue weighted by atomic mass is 10.2. The van der Waals surface area contributed by atoms with E-state index in [0.717, 1.165) is 13.1 Å². The highest BCUT2D eigenvalue weighted by Gasteiger charge is 2.26. The highest BCUT2D eigenvalue weighted by molar-refractivity contribution is 5.27. The van der Waals surface area contributed by atoms with E-state index in [1.807, 2.05) is 6.92 Å². The maximum Gasteiger partial charge on any atom is 0.318 e. The summed E-state index contributed by atoms with van der Waals surface area (Å²) in [4.78, 5) is 2.25. The summed E-state index contributed by atoms with van der Waals surface area (Å²) in [5.74, 6) is 0.684. The number of anilines is 1. The van der Waals surface area contributed by atoms with Gasteiger partial charge in [0.2, 0.25) is 5.89 Å². The van der Waals surface area contributed by atoms with Crippen molar-refractivity contribution in [1.29, 1.82) is 0 Å². The van der Waals surface area contributed by atoms with Gasteiger partial charge in [-0.05, 0) is 33.2 Å². The van der Waals surface area contributed by atoms with Crippen molar-refractivity contribution in [2.45, 2.75) is 58.5 Å². The Balaban J connectivity index is 2.06. The molecule has 0 bridgehead atoms. The molecule has 1 heterocycles. The van der Waals surface area contributed by atoms with Crippen LogP contribution in [0.1, 0.15) is 58.4 Å². The molecule has 1 atom stereocenters. The Morgan fingerprint density at radius 1 is 1.33 bits per heavy atom. The Labute approximate surface area is 109 Å². The number of nitrogens with one attached hydrogen (secondary N) is 1. The molecule has 102 valence electrons. The maximum atomic E-state index is 5.80. The molecule has 1 aromatic rings. The second-order valence-corrected chi connectivity index (χ2v) is 4.93. The molecule has 0 aliphatic heterocycles. The van der Waals surface area contributed by atoms with E-state index in [0.29, 0.717) is 17.9 Å². The first-order valence-corrected chi connectivity index (χ1v) is 7.09. The zero-order chi connectivity index (χ0) is 13.0. The topological polar surface area (TPSA) is 54.2 Å². The minimum atomic E-state index is 0.124. The van der Waals surface area contributed by atoms with Gasteiger partial charge in [-0.2, -0.15) is 0 Å². The second kappa shape index (κ2) is 6.18. The number of aromatic nitrogens is 2. The van der Waals surface area contributed by atoms with Crippen molar-refractivity contribution >= 4 is 6.01 Å². The van der Waals surface area contributed by atoms with Crippen LogP contribution in [0.3, 0.4) is 0 Å². The molecular formula is C13H24N4O. The van der Waals surface area contributed by atoms with Crippen LogP contribution in [-0.4, -0.2) is 29.3 Å². The van der Waals surface area contributed by atoms with Crippen molar-refractivity contribution in [3.63, 3.8) is 0 Å². The number of hydrogen-bond acceptors (Lipinski definition) is 5. The average Bonchev–Trinajstić information content (AvgIpc) is 3.01. The third-order valence-electron chi connectivity index (χ3n) is 3.66. The van der Waals surface area contributed by atoms with Crippen LogP contribution in [0, 0.1) is 0 Å². The van der Waals surface area contributed by atoms with Crippen LogP contribution in [-0.2, 0) is 0 Å². The van der Waals surface area contributed by atoms with Gasteiger partial charge in [-0.25, -0.2) is 0 Å². The van der Waals surface area contributed by atoms with E-state index in [9.17, 15) is 0 Å². The van der Waals surface area contributed by atoms with Gasteiger partial charge in [0.1, 0.15) is 0 Å². The van der Waals surface area contributed by atoms with E-state index in [2.05, 4.69) is 34.3 Å². The molecule has 1 aromatic heterocycles. The molecule has 1 aliphatic rings. The summed E-state index contributed by atoms with van der Waals surface area (Å²) in [6.07, 6.45) is 5.12. The van der Waals surface area contributed by atoms with E-state index < -0.39 is 0 Å². The van der Waals surface area contributed by atoms with Gasteiger partial charge in [-0.1, -0.05) is 24.9 Å². The van der Waals surface area contributed by atoms with E-state index in [4.69, 9.17) is 4.42 Å². The molecule has 1 N–H and O–H groups in total. The molecule has 1 fully saturated rings. The lowest BCUT2D eigenvalue weighted by Gasteiger charge is -2.25. The van der Waals surface area contributed by atoms with Gasteiger partial charge in [0.25, 0.3) is 0 Å². The summed E-state index contributed by atoms with van der Waals surface area (Å²) >= 11 is 0. The summed E-state index contributed by atoms with van der Waals surface area (Å²) in [5.41, 5.74) is 0. The third-order valence-corrected chi connectivity index (χ3v) is 3.66. The van der Waals surface area contributed by atoms with Gasteiger partial charge in [0, 0.05) is 12.6 Å². The molecule has 2 rings (SSSR count). The number of nitrogens with zero attached hydrogens (tertiary/aromatic N) is 3. The zero-order valence-corrected chi connectivity index (χ0v) is 11.6. The van der Waals surface area contributed by atoms with E-state index in [1.165, 1.54) is 25.7 Å². The van der Waals surface area contributed by atoms with E-state index in [-0.39, 0.29) is 6.04 Å². The van der Waals surface area contributed by atoms with Gasteiger partial charge in [0.15, 0.2) is 0 Å². The monoisotopic (exact) mass is 252 g/mol. The van der Waals surface area contributed by atoms with Gasteiger partial charge in [0.05, 0.1) is 6.04 Å². The molecule has 0 radical (unpaired) electrons. The van der Waals surface area contributed by atoms with Crippen LogP contribution in [0.15, 0.2) is 4.42 Å². The Morgan fingerprint density at radius 3 is 2.67 bits per heavy atom. The van der Waals surface area contributed by atoms with Crippen LogP contribution in [0.2, 0.25) is 0 Å². The van der Waals surface area contributed by atoms with Crippen molar-refractivity contribution in [2.75, 3.05) is 18.0 Å². The Morgan fingerprint density at radius 2 is 2.06 bits per heavy atom. The Kier molecular flexibility index (Phi) is 4.58. The second-order valence-electron chi connectivity index (χ2n) is 4.93. The largest absolute Gasteiger partial charge is 0.406 e. The van der Waals surface area contributed by atoms with Crippen molar-refractivity contribution < 1.29 is 4.42 Å². The quantitative estimate of drug-likeness (QED) is 0.843. The van der Waals surface area contributed by atoms with Gasteiger partial charge >= 0.3 is 6.01 Å². The maximum absolute atomic E-state index is 5.80. The molecule has 0 saturated heterocycles. The SMILES string of the molecule is CCNC(C)c1nnc(N(CC)C2CCCC2)o1. The first kappa shape index (κ1) is 13.3. The summed E-state index contributed by atoms with van der Waals surface area (Å²) in [5, 5.41) is 11.6. The van der Waals surface area contributed by atoms with Crippen LogP contribution < -0.4 is 10.2 Å². The highest BCUT2D eigenvalue weighted by atomic mass is 16.4. The minimum absolute atomic E-state index is 0.124. The lowest BCUT2D eigenvalue weighted by Crippen LogP contribution is -2.33. The smallest absolute Gasteiger partial charge is 0.318 e. The first-order valence-electron chi connectivity index (χ1n) is 7.09. The summed E-state index contributed by atoms with van der Waals surface area (Å²) in [6, 6.07) is 1.39. The lowest BCUT2D eigenvalue weighted by molar-refractivity contribution is 0.411. The number of hydrogen-bond donors (Lipinski definition) is 1. The van der Waals surface area contributed by atoms with Crippen LogP contribution in [0.25, 0.3) is 0 Å². The standard InChI is InChI=1S/C13H24N4O/c1-4-14-10(3)12-15-16-13(18-12)17(5-2)11-8-6-7-9-11/h10-11,14H,4-9H2,1-3H3. The molecule has 1 aliphatic carbocycles. The van der Waals surface area contributed by atoms with Crippen molar-refractivity contribution in [1.82, 2.24) is 15.5 Å². The Bertz CT molecular complexity index is 360. The normalized spacial score (nSPS) is 18.2. The molecule has 0 amide bonds. The third kappa shape index (κ3) is 2.83. The molecule has 0 aromatic carbocycles. The zero-order valence-electron chi connectivity index (χ0n) is 11.6. The molecule has 0 spiro atoms. The van der Waals surface area contributed by atoms with Crippen LogP contribution in [0.4, 0.5) is 6.01 Å². The fourth-order valence-corrected chi connectivity index (χ4v) is 2.68. The summed E-state index contributed by atoms with van der Waals surface area (Å²) < 4.78 is 5.80. The van der Waals surface area contributed by atoms with E-state index >= 15 is 0 Å². The summed E-state index contributed by atoms with van der Waals surface area (Å²) in [6.45, 7) is 8.11. The molecule has 1 unspecified atom stereocenters. The summed E-state index contributed by atoms with van der Waals surface area (Å²) in [7, 11) is 0. The van der Waals surface area contributed by atoms with Crippen molar-refractivity contribution in [2.24, 2.45) is 0 Å². The van der Waals surface area contributed by atoms with Gasteiger partial charge in [-0.3, -0.25) is 0 Å². The number of rotatable bonds is 6. The van der Waals surface area contributed by atoms with Crippen molar-refractivity contribution in [3.05, 3.63) is 5.89 Å². The van der Waals surface area contributed by atoms with E-state index in [1.54, 1.807) is 0 Å².